The molecule has 1 aliphatic heterocycles. The van der Waals surface area contributed by atoms with Crippen LogP contribution in [-0.2, 0) is 4.74 Å². The smallest absolute Gasteiger partial charge is 0.255 e. The van der Waals surface area contributed by atoms with Crippen LogP contribution in [0.3, 0.4) is 0 Å². The first-order valence-electron chi connectivity index (χ1n) is 10.6. The first kappa shape index (κ1) is 19.3. The Morgan fingerprint density at radius 1 is 0.774 bits per heavy atom. The van der Waals surface area contributed by atoms with Crippen molar-refractivity contribution in [1.29, 1.82) is 0 Å². The third-order valence-electron chi connectivity index (χ3n) is 5.75. The van der Waals surface area contributed by atoms with Gasteiger partial charge in [-0.1, -0.05) is 54.6 Å². The standard InChI is InChI=1S/C27H24N2O2/c30-27(28-23-12-14-24(15-13-23)29-16-18-31-19-17-29)22-10-8-21(9-11-22)26-7-3-5-20-4-1-2-6-25(20)26/h1-15H,16-19H2,(H,28,30). The minimum atomic E-state index is -0.108. The predicted molar refractivity (Wildman–Crippen MR) is 127 cm³/mol. The van der Waals surface area contributed by atoms with Gasteiger partial charge in [0.15, 0.2) is 0 Å². The van der Waals surface area contributed by atoms with Gasteiger partial charge in [0.2, 0.25) is 0 Å². The number of hydrogen-bond acceptors (Lipinski definition) is 3. The summed E-state index contributed by atoms with van der Waals surface area (Å²) < 4.78 is 5.41. The normalized spacial score (nSPS) is 13.9. The molecule has 0 spiro atoms. The summed E-state index contributed by atoms with van der Waals surface area (Å²) in [5.41, 5.74) is 4.86. The van der Waals surface area contributed by atoms with Gasteiger partial charge in [-0.15, -0.1) is 0 Å². The Labute approximate surface area is 182 Å². The second-order valence-corrected chi connectivity index (χ2v) is 7.70. The lowest BCUT2D eigenvalue weighted by Crippen LogP contribution is -2.36. The van der Waals surface area contributed by atoms with E-state index in [2.05, 4.69) is 46.6 Å². The van der Waals surface area contributed by atoms with Gasteiger partial charge >= 0.3 is 0 Å². The van der Waals surface area contributed by atoms with Crippen LogP contribution >= 0.6 is 0 Å². The van der Waals surface area contributed by atoms with Gasteiger partial charge in [0.25, 0.3) is 5.91 Å². The molecular weight excluding hydrogens is 384 g/mol. The van der Waals surface area contributed by atoms with Crippen molar-refractivity contribution in [1.82, 2.24) is 0 Å². The summed E-state index contributed by atoms with van der Waals surface area (Å²) in [5.74, 6) is -0.108. The molecule has 1 amide bonds. The van der Waals surface area contributed by atoms with Gasteiger partial charge in [-0.3, -0.25) is 4.79 Å². The van der Waals surface area contributed by atoms with E-state index in [-0.39, 0.29) is 5.91 Å². The van der Waals surface area contributed by atoms with Crippen LogP contribution in [-0.4, -0.2) is 32.2 Å². The molecule has 4 nitrogen and oxygen atoms in total. The highest BCUT2D eigenvalue weighted by molar-refractivity contribution is 6.05. The van der Waals surface area contributed by atoms with E-state index in [4.69, 9.17) is 4.74 Å². The number of nitrogens with one attached hydrogen (secondary N) is 1. The molecule has 0 bridgehead atoms. The number of hydrogen-bond donors (Lipinski definition) is 1. The molecule has 154 valence electrons. The summed E-state index contributed by atoms with van der Waals surface area (Å²) >= 11 is 0. The molecule has 31 heavy (non-hydrogen) atoms. The van der Waals surface area contributed by atoms with Crippen LogP contribution in [0.4, 0.5) is 11.4 Å². The van der Waals surface area contributed by atoms with Gasteiger partial charge < -0.3 is 15.0 Å². The zero-order chi connectivity index (χ0) is 21.0. The van der Waals surface area contributed by atoms with Crippen LogP contribution in [0.25, 0.3) is 21.9 Å². The van der Waals surface area contributed by atoms with Crippen molar-refractivity contribution >= 4 is 28.1 Å². The molecular formula is C27H24N2O2. The molecule has 1 saturated heterocycles. The third-order valence-corrected chi connectivity index (χ3v) is 5.75. The lowest BCUT2D eigenvalue weighted by Gasteiger charge is -2.28. The molecule has 1 N–H and O–H groups in total. The van der Waals surface area contributed by atoms with Gasteiger partial charge in [-0.25, -0.2) is 0 Å². The highest BCUT2D eigenvalue weighted by Gasteiger charge is 2.12. The van der Waals surface area contributed by atoms with E-state index in [1.54, 1.807) is 0 Å². The van der Waals surface area contributed by atoms with E-state index in [0.717, 1.165) is 43.2 Å². The number of benzene rings is 4. The second kappa shape index (κ2) is 8.62. The van der Waals surface area contributed by atoms with E-state index >= 15 is 0 Å². The molecule has 0 saturated carbocycles. The zero-order valence-electron chi connectivity index (χ0n) is 17.3. The quantitative estimate of drug-likeness (QED) is 0.478. The fourth-order valence-electron chi connectivity index (χ4n) is 4.06. The number of ether oxygens (including phenoxy) is 1. The van der Waals surface area contributed by atoms with Crippen molar-refractivity contribution < 1.29 is 9.53 Å². The van der Waals surface area contributed by atoms with Crippen LogP contribution in [0.2, 0.25) is 0 Å². The predicted octanol–water partition coefficient (Wildman–Crippen LogP) is 5.60. The summed E-state index contributed by atoms with van der Waals surface area (Å²) in [4.78, 5) is 15.0. The van der Waals surface area contributed by atoms with Crippen LogP contribution in [0.5, 0.6) is 0 Å². The number of carbonyl (C=O) groups is 1. The van der Waals surface area contributed by atoms with Crippen LogP contribution < -0.4 is 10.2 Å². The summed E-state index contributed by atoms with van der Waals surface area (Å²) in [7, 11) is 0. The zero-order valence-corrected chi connectivity index (χ0v) is 17.3. The van der Waals surface area contributed by atoms with E-state index < -0.39 is 0 Å². The molecule has 1 heterocycles. The summed E-state index contributed by atoms with van der Waals surface area (Å²) in [6.07, 6.45) is 0. The van der Waals surface area contributed by atoms with E-state index in [1.165, 1.54) is 16.3 Å². The Hall–Kier alpha value is -3.63. The summed E-state index contributed by atoms with van der Waals surface area (Å²) in [6.45, 7) is 3.31. The fourth-order valence-corrected chi connectivity index (χ4v) is 4.06. The topological polar surface area (TPSA) is 41.6 Å². The van der Waals surface area contributed by atoms with Crippen molar-refractivity contribution in [2.75, 3.05) is 36.5 Å². The molecule has 0 aromatic heterocycles. The fraction of sp³-hybridized carbons (Fsp3) is 0.148. The largest absolute Gasteiger partial charge is 0.378 e. The Morgan fingerprint density at radius 2 is 1.48 bits per heavy atom. The van der Waals surface area contributed by atoms with Crippen molar-refractivity contribution in [2.24, 2.45) is 0 Å². The molecule has 0 radical (unpaired) electrons. The van der Waals surface area contributed by atoms with E-state index in [9.17, 15) is 4.79 Å². The molecule has 0 unspecified atom stereocenters. The van der Waals surface area contributed by atoms with Crippen LogP contribution in [0.15, 0.2) is 91.0 Å². The highest BCUT2D eigenvalue weighted by Crippen LogP contribution is 2.29. The van der Waals surface area contributed by atoms with Crippen molar-refractivity contribution in [3.63, 3.8) is 0 Å². The Morgan fingerprint density at radius 3 is 2.26 bits per heavy atom. The second-order valence-electron chi connectivity index (χ2n) is 7.70. The van der Waals surface area contributed by atoms with Gasteiger partial charge in [-0.2, -0.15) is 0 Å². The summed E-state index contributed by atoms with van der Waals surface area (Å²) in [6, 6.07) is 30.4. The Balaban J connectivity index is 1.30. The van der Waals surface area contributed by atoms with Gasteiger partial charge in [0.1, 0.15) is 0 Å². The molecule has 4 heteroatoms. The minimum absolute atomic E-state index is 0.108. The van der Waals surface area contributed by atoms with Crippen molar-refractivity contribution in [3.8, 4) is 11.1 Å². The van der Waals surface area contributed by atoms with Gasteiger partial charge in [0.05, 0.1) is 13.2 Å². The average molecular weight is 409 g/mol. The molecule has 4 aromatic rings. The number of fused-ring (bicyclic) bond motifs is 1. The molecule has 4 aromatic carbocycles. The lowest BCUT2D eigenvalue weighted by molar-refractivity contribution is 0.102. The Kier molecular flexibility index (Phi) is 5.38. The van der Waals surface area contributed by atoms with E-state index in [1.807, 2.05) is 54.6 Å². The summed E-state index contributed by atoms with van der Waals surface area (Å²) in [5, 5.41) is 5.42. The SMILES string of the molecule is O=C(Nc1ccc(N2CCOCC2)cc1)c1ccc(-c2cccc3ccccc23)cc1. The third kappa shape index (κ3) is 4.16. The first-order chi connectivity index (χ1) is 15.3. The number of anilines is 2. The lowest BCUT2D eigenvalue weighted by atomic mass is 9.97. The number of carbonyl (C=O) groups excluding carboxylic acids is 1. The average Bonchev–Trinajstić information content (AvgIpc) is 2.85. The van der Waals surface area contributed by atoms with Crippen molar-refractivity contribution in [3.05, 3.63) is 96.6 Å². The van der Waals surface area contributed by atoms with Crippen molar-refractivity contribution in [2.45, 2.75) is 0 Å². The monoisotopic (exact) mass is 408 g/mol. The van der Waals surface area contributed by atoms with Gasteiger partial charge in [-0.05, 0) is 58.3 Å². The number of rotatable bonds is 4. The molecule has 0 atom stereocenters. The maximum Gasteiger partial charge on any atom is 0.255 e. The Bertz CT molecular complexity index is 1190. The molecule has 0 aliphatic carbocycles. The molecule has 1 fully saturated rings. The first-order valence-corrected chi connectivity index (χ1v) is 10.6. The molecule has 1 aliphatic rings. The van der Waals surface area contributed by atoms with Gasteiger partial charge in [0, 0.05) is 30.0 Å². The number of amides is 1. The highest BCUT2D eigenvalue weighted by atomic mass is 16.5. The van der Waals surface area contributed by atoms with Crippen LogP contribution in [0, 0.1) is 0 Å². The minimum Gasteiger partial charge on any atom is -0.378 e. The van der Waals surface area contributed by atoms with E-state index in [0.29, 0.717) is 5.56 Å². The number of morpholine rings is 1. The maximum atomic E-state index is 12.7. The molecule has 5 rings (SSSR count). The maximum absolute atomic E-state index is 12.7. The van der Waals surface area contributed by atoms with Crippen LogP contribution in [0.1, 0.15) is 10.4 Å². The number of nitrogens with zero attached hydrogens (tertiary/aromatic N) is 1.